The Hall–Kier alpha value is -1.63. The van der Waals surface area contributed by atoms with Gasteiger partial charge in [-0.1, -0.05) is 0 Å². The van der Waals surface area contributed by atoms with Crippen LogP contribution in [-0.2, 0) is 11.3 Å². The molecule has 88 valence electrons. The second kappa shape index (κ2) is 5.45. The largest absolute Gasteiger partial charge is 0.480 e. The first-order chi connectivity index (χ1) is 7.52. The van der Waals surface area contributed by atoms with Crippen molar-refractivity contribution < 1.29 is 14.7 Å². The van der Waals surface area contributed by atoms with Crippen LogP contribution in [0.4, 0.5) is 4.79 Å². The predicted molar refractivity (Wildman–Crippen MR) is 59.2 cm³/mol. The standard InChI is InChI=1S/C9H13N3O3S/c1-6(8(13)14)12(2)9(15)11-5-7-10-3-4-16-7/h3-4,6H,5H2,1-2H3,(H,11,15)(H,13,14). The van der Waals surface area contributed by atoms with E-state index in [-0.39, 0.29) is 0 Å². The van der Waals surface area contributed by atoms with Gasteiger partial charge in [-0.25, -0.2) is 14.6 Å². The lowest BCUT2D eigenvalue weighted by molar-refractivity contribution is -0.141. The Labute approximate surface area is 96.9 Å². The van der Waals surface area contributed by atoms with Crippen LogP contribution >= 0.6 is 11.3 Å². The van der Waals surface area contributed by atoms with Crippen molar-refractivity contribution in [3.8, 4) is 0 Å². The Morgan fingerprint density at radius 3 is 2.88 bits per heavy atom. The van der Waals surface area contributed by atoms with E-state index >= 15 is 0 Å². The summed E-state index contributed by atoms with van der Waals surface area (Å²) in [6, 6.07) is -1.28. The Balaban J connectivity index is 2.43. The molecular weight excluding hydrogens is 230 g/mol. The number of likely N-dealkylation sites (N-methyl/N-ethyl adjacent to an activating group) is 1. The van der Waals surface area contributed by atoms with Gasteiger partial charge in [0.25, 0.3) is 0 Å². The average molecular weight is 243 g/mol. The smallest absolute Gasteiger partial charge is 0.326 e. The summed E-state index contributed by atoms with van der Waals surface area (Å²) in [7, 11) is 1.44. The van der Waals surface area contributed by atoms with Crippen molar-refractivity contribution >= 4 is 23.3 Å². The van der Waals surface area contributed by atoms with Gasteiger partial charge >= 0.3 is 12.0 Å². The number of carbonyl (C=O) groups excluding carboxylic acids is 1. The number of rotatable bonds is 4. The molecule has 1 aromatic rings. The molecule has 1 aromatic heterocycles. The molecule has 0 aliphatic heterocycles. The molecule has 16 heavy (non-hydrogen) atoms. The first-order valence-electron chi connectivity index (χ1n) is 4.64. The van der Waals surface area contributed by atoms with Crippen LogP contribution in [0, 0.1) is 0 Å². The van der Waals surface area contributed by atoms with E-state index in [0.29, 0.717) is 6.54 Å². The van der Waals surface area contributed by atoms with E-state index in [1.54, 1.807) is 6.20 Å². The summed E-state index contributed by atoms with van der Waals surface area (Å²) in [4.78, 5) is 27.3. The lowest BCUT2D eigenvalue weighted by Crippen LogP contribution is -2.45. The number of thiazole rings is 1. The summed E-state index contributed by atoms with van der Waals surface area (Å²) < 4.78 is 0. The van der Waals surface area contributed by atoms with Gasteiger partial charge in [0.2, 0.25) is 0 Å². The van der Waals surface area contributed by atoms with E-state index in [1.165, 1.54) is 25.3 Å². The molecule has 2 amide bonds. The van der Waals surface area contributed by atoms with Crippen LogP contribution in [0.2, 0.25) is 0 Å². The maximum atomic E-state index is 11.5. The predicted octanol–water partition coefficient (Wildman–Crippen LogP) is 0.758. The maximum Gasteiger partial charge on any atom is 0.326 e. The number of nitrogens with zero attached hydrogens (tertiary/aromatic N) is 2. The first kappa shape index (κ1) is 12.4. The Bertz CT molecular complexity index is 366. The van der Waals surface area contributed by atoms with Gasteiger partial charge in [-0.15, -0.1) is 11.3 Å². The minimum Gasteiger partial charge on any atom is -0.480 e. The minimum atomic E-state index is -1.04. The lowest BCUT2D eigenvalue weighted by Gasteiger charge is -2.21. The summed E-state index contributed by atoms with van der Waals surface area (Å²) in [5.41, 5.74) is 0. The zero-order chi connectivity index (χ0) is 12.1. The van der Waals surface area contributed by atoms with Crippen molar-refractivity contribution in [2.24, 2.45) is 0 Å². The van der Waals surface area contributed by atoms with Crippen LogP contribution in [0.25, 0.3) is 0 Å². The number of hydrogen-bond acceptors (Lipinski definition) is 4. The van der Waals surface area contributed by atoms with E-state index in [2.05, 4.69) is 10.3 Å². The van der Waals surface area contributed by atoms with E-state index in [9.17, 15) is 9.59 Å². The van der Waals surface area contributed by atoms with Crippen LogP contribution < -0.4 is 5.32 Å². The Kier molecular flexibility index (Phi) is 4.24. The molecule has 2 N–H and O–H groups in total. The highest BCUT2D eigenvalue weighted by Crippen LogP contribution is 2.03. The molecule has 1 atom stereocenters. The number of urea groups is 1. The number of aliphatic carboxylic acids is 1. The van der Waals surface area contributed by atoms with Crippen LogP contribution in [0.1, 0.15) is 11.9 Å². The molecule has 6 nitrogen and oxygen atoms in total. The molecule has 0 aliphatic carbocycles. The number of carbonyl (C=O) groups is 2. The Morgan fingerprint density at radius 1 is 1.69 bits per heavy atom. The molecule has 0 bridgehead atoms. The first-order valence-corrected chi connectivity index (χ1v) is 5.52. The van der Waals surface area contributed by atoms with Gasteiger partial charge in [0.15, 0.2) is 0 Å². The number of carboxylic acids is 1. The minimum absolute atomic E-state index is 0.313. The van der Waals surface area contributed by atoms with Gasteiger partial charge in [-0.05, 0) is 6.92 Å². The second-order valence-electron chi connectivity index (χ2n) is 3.21. The van der Waals surface area contributed by atoms with Crippen molar-refractivity contribution in [1.82, 2.24) is 15.2 Å². The normalized spacial score (nSPS) is 11.9. The lowest BCUT2D eigenvalue weighted by atomic mass is 10.3. The van der Waals surface area contributed by atoms with Crippen molar-refractivity contribution in [2.45, 2.75) is 19.5 Å². The summed E-state index contributed by atoms with van der Waals surface area (Å²) in [5.74, 6) is -1.04. The van der Waals surface area contributed by atoms with Gasteiger partial charge < -0.3 is 15.3 Å². The van der Waals surface area contributed by atoms with Gasteiger partial charge in [-0.3, -0.25) is 0 Å². The SMILES string of the molecule is CC(C(=O)O)N(C)C(=O)NCc1nccs1. The zero-order valence-electron chi connectivity index (χ0n) is 9.01. The quantitative estimate of drug-likeness (QED) is 0.817. The molecule has 7 heteroatoms. The third kappa shape index (κ3) is 3.20. The molecule has 0 spiro atoms. The fourth-order valence-corrected chi connectivity index (χ4v) is 1.51. The van der Waals surface area contributed by atoms with Crippen LogP contribution in [0.3, 0.4) is 0 Å². The van der Waals surface area contributed by atoms with E-state index in [4.69, 9.17) is 5.11 Å². The third-order valence-corrected chi connectivity index (χ3v) is 2.91. The van der Waals surface area contributed by atoms with Crippen molar-refractivity contribution in [1.29, 1.82) is 0 Å². The monoisotopic (exact) mass is 243 g/mol. The summed E-state index contributed by atoms with van der Waals surface area (Å²) in [6.07, 6.45) is 1.65. The van der Waals surface area contributed by atoms with Gasteiger partial charge in [0.05, 0.1) is 6.54 Å². The topological polar surface area (TPSA) is 82.5 Å². The van der Waals surface area contributed by atoms with Crippen molar-refractivity contribution in [2.75, 3.05) is 7.05 Å². The number of aromatic nitrogens is 1. The molecule has 1 unspecified atom stereocenters. The number of nitrogens with one attached hydrogen (secondary N) is 1. The zero-order valence-corrected chi connectivity index (χ0v) is 9.82. The molecular formula is C9H13N3O3S. The van der Waals surface area contributed by atoms with Crippen LogP contribution in [0.5, 0.6) is 0 Å². The molecule has 1 rings (SSSR count). The fourth-order valence-electron chi connectivity index (χ4n) is 0.958. The van der Waals surface area contributed by atoms with E-state index in [1.807, 2.05) is 5.38 Å². The van der Waals surface area contributed by atoms with Gasteiger partial charge in [0.1, 0.15) is 11.0 Å². The maximum absolute atomic E-state index is 11.5. The Morgan fingerprint density at radius 2 is 2.38 bits per heavy atom. The highest BCUT2D eigenvalue weighted by Gasteiger charge is 2.21. The van der Waals surface area contributed by atoms with E-state index < -0.39 is 18.0 Å². The number of carboxylic acid groups (broad SMARTS) is 1. The second-order valence-corrected chi connectivity index (χ2v) is 4.19. The molecule has 0 aliphatic rings. The summed E-state index contributed by atoms with van der Waals surface area (Å²) in [5, 5.41) is 13.9. The highest BCUT2D eigenvalue weighted by molar-refractivity contribution is 7.09. The summed E-state index contributed by atoms with van der Waals surface area (Å²) in [6.45, 7) is 1.76. The van der Waals surface area contributed by atoms with Gasteiger partial charge in [0, 0.05) is 18.6 Å². The molecule has 0 aromatic carbocycles. The molecule has 0 radical (unpaired) electrons. The van der Waals surface area contributed by atoms with E-state index in [0.717, 1.165) is 9.91 Å². The van der Waals surface area contributed by atoms with Gasteiger partial charge in [-0.2, -0.15) is 0 Å². The van der Waals surface area contributed by atoms with Crippen molar-refractivity contribution in [3.63, 3.8) is 0 Å². The highest BCUT2D eigenvalue weighted by atomic mass is 32.1. The molecule has 1 heterocycles. The molecule has 0 fully saturated rings. The van der Waals surface area contributed by atoms with Crippen LogP contribution in [-0.4, -0.2) is 40.1 Å². The average Bonchev–Trinajstić information content (AvgIpc) is 2.76. The third-order valence-electron chi connectivity index (χ3n) is 2.13. The molecule has 0 saturated heterocycles. The van der Waals surface area contributed by atoms with Crippen LogP contribution in [0.15, 0.2) is 11.6 Å². The van der Waals surface area contributed by atoms with Crippen molar-refractivity contribution in [3.05, 3.63) is 16.6 Å². The summed E-state index contributed by atoms with van der Waals surface area (Å²) >= 11 is 1.43. The fraction of sp³-hybridized carbons (Fsp3) is 0.444. The molecule has 0 saturated carbocycles. The number of amides is 2. The number of hydrogen-bond donors (Lipinski definition) is 2.